The lowest BCUT2D eigenvalue weighted by Gasteiger charge is -2.08. The SMILES string of the molecule is CCCC(=O)Nc1ccc(NCc2cccc(C)c2)nc1. The molecule has 0 saturated heterocycles. The van der Waals surface area contributed by atoms with E-state index < -0.39 is 0 Å². The molecule has 4 heteroatoms. The van der Waals surface area contributed by atoms with Gasteiger partial charge in [0.2, 0.25) is 5.91 Å². The Kier molecular flexibility index (Phi) is 5.32. The van der Waals surface area contributed by atoms with Crippen molar-refractivity contribution in [1.29, 1.82) is 0 Å². The standard InChI is InChI=1S/C17H21N3O/c1-3-5-17(21)20-15-8-9-16(19-12-15)18-11-14-7-4-6-13(2)10-14/h4,6-10,12H,3,5,11H2,1-2H3,(H,18,19)(H,20,21). The average Bonchev–Trinajstić information content (AvgIpc) is 2.47. The van der Waals surface area contributed by atoms with Gasteiger partial charge in [-0.25, -0.2) is 4.98 Å². The van der Waals surface area contributed by atoms with E-state index in [-0.39, 0.29) is 5.91 Å². The molecule has 110 valence electrons. The minimum absolute atomic E-state index is 0.0276. The van der Waals surface area contributed by atoms with Crippen LogP contribution in [0.2, 0.25) is 0 Å². The summed E-state index contributed by atoms with van der Waals surface area (Å²) >= 11 is 0. The van der Waals surface area contributed by atoms with Gasteiger partial charge in [0.1, 0.15) is 5.82 Å². The number of pyridine rings is 1. The van der Waals surface area contributed by atoms with Crippen LogP contribution in [0.25, 0.3) is 0 Å². The summed E-state index contributed by atoms with van der Waals surface area (Å²) in [5.74, 6) is 0.824. The highest BCUT2D eigenvalue weighted by molar-refractivity contribution is 5.90. The van der Waals surface area contributed by atoms with Crippen LogP contribution in [0, 0.1) is 6.92 Å². The fraction of sp³-hybridized carbons (Fsp3) is 0.294. The first kappa shape index (κ1) is 15.0. The molecule has 21 heavy (non-hydrogen) atoms. The second-order valence-corrected chi connectivity index (χ2v) is 5.07. The molecule has 1 heterocycles. The van der Waals surface area contributed by atoms with Crippen molar-refractivity contribution >= 4 is 17.4 Å². The number of carbonyl (C=O) groups is 1. The van der Waals surface area contributed by atoms with Gasteiger partial charge >= 0.3 is 0 Å². The normalized spacial score (nSPS) is 10.2. The molecule has 4 nitrogen and oxygen atoms in total. The van der Waals surface area contributed by atoms with Crippen molar-refractivity contribution in [3.8, 4) is 0 Å². The van der Waals surface area contributed by atoms with Crippen molar-refractivity contribution in [2.24, 2.45) is 0 Å². The molecule has 0 bridgehead atoms. The van der Waals surface area contributed by atoms with Gasteiger partial charge in [0.15, 0.2) is 0 Å². The number of benzene rings is 1. The molecule has 1 aromatic carbocycles. The molecule has 0 aliphatic heterocycles. The Morgan fingerprint density at radius 2 is 2.10 bits per heavy atom. The van der Waals surface area contributed by atoms with Gasteiger partial charge in [-0.2, -0.15) is 0 Å². The summed E-state index contributed by atoms with van der Waals surface area (Å²) in [5.41, 5.74) is 3.20. The second-order valence-electron chi connectivity index (χ2n) is 5.07. The van der Waals surface area contributed by atoms with Gasteiger partial charge in [-0.05, 0) is 31.0 Å². The highest BCUT2D eigenvalue weighted by Gasteiger charge is 2.01. The van der Waals surface area contributed by atoms with Crippen LogP contribution >= 0.6 is 0 Å². The molecule has 0 aliphatic carbocycles. The van der Waals surface area contributed by atoms with Crippen molar-refractivity contribution in [1.82, 2.24) is 4.98 Å². The zero-order valence-corrected chi connectivity index (χ0v) is 12.5. The molecule has 0 radical (unpaired) electrons. The zero-order chi connectivity index (χ0) is 15.1. The number of carbonyl (C=O) groups excluding carboxylic acids is 1. The van der Waals surface area contributed by atoms with E-state index in [1.807, 2.05) is 25.1 Å². The van der Waals surface area contributed by atoms with E-state index in [1.165, 1.54) is 11.1 Å². The number of hydrogen-bond acceptors (Lipinski definition) is 3. The average molecular weight is 283 g/mol. The summed E-state index contributed by atoms with van der Waals surface area (Å²) in [6, 6.07) is 12.1. The van der Waals surface area contributed by atoms with Gasteiger partial charge in [0, 0.05) is 13.0 Å². The maximum absolute atomic E-state index is 11.5. The van der Waals surface area contributed by atoms with E-state index in [0.717, 1.165) is 24.5 Å². The smallest absolute Gasteiger partial charge is 0.224 e. The minimum atomic E-state index is 0.0276. The van der Waals surface area contributed by atoms with Gasteiger partial charge < -0.3 is 10.6 Å². The number of nitrogens with one attached hydrogen (secondary N) is 2. The number of amides is 1. The summed E-state index contributed by atoms with van der Waals surface area (Å²) in [4.78, 5) is 15.8. The summed E-state index contributed by atoms with van der Waals surface area (Å²) in [7, 11) is 0. The lowest BCUT2D eigenvalue weighted by molar-refractivity contribution is -0.116. The van der Waals surface area contributed by atoms with Crippen LogP contribution in [0.15, 0.2) is 42.6 Å². The van der Waals surface area contributed by atoms with Crippen molar-refractivity contribution in [2.75, 3.05) is 10.6 Å². The molecule has 2 N–H and O–H groups in total. The first-order chi connectivity index (χ1) is 10.2. The Morgan fingerprint density at radius 1 is 1.24 bits per heavy atom. The molecule has 0 fully saturated rings. The molecule has 1 aromatic heterocycles. The van der Waals surface area contributed by atoms with Gasteiger partial charge in [-0.1, -0.05) is 36.8 Å². The molecule has 0 atom stereocenters. The number of hydrogen-bond donors (Lipinski definition) is 2. The van der Waals surface area contributed by atoms with Gasteiger partial charge in [-0.15, -0.1) is 0 Å². The number of rotatable bonds is 6. The molecule has 0 unspecified atom stereocenters. The van der Waals surface area contributed by atoms with Crippen LogP contribution in [-0.4, -0.2) is 10.9 Å². The van der Waals surface area contributed by atoms with Crippen LogP contribution in [-0.2, 0) is 11.3 Å². The first-order valence-corrected chi connectivity index (χ1v) is 7.22. The number of aromatic nitrogens is 1. The summed E-state index contributed by atoms with van der Waals surface area (Å²) in [6.45, 7) is 4.79. The monoisotopic (exact) mass is 283 g/mol. The summed E-state index contributed by atoms with van der Waals surface area (Å²) in [5, 5.41) is 6.09. The lowest BCUT2D eigenvalue weighted by atomic mass is 10.1. The molecule has 0 saturated carbocycles. The summed E-state index contributed by atoms with van der Waals surface area (Å²) in [6.07, 6.45) is 3.05. The van der Waals surface area contributed by atoms with Crippen LogP contribution < -0.4 is 10.6 Å². The summed E-state index contributed by atoms with van der Waals surface area (Å²) < 4.78 is 0. The Labute approximate surface area is 125 Å². The van der Waals surface area contributed by atoms with Crippen molar-refractivity contribution in [3.05, 3.63) is 53.7 Å². The Balaban J connectivity index is 1.89. The predicted octanol–water partition coefficient (Wildman–Crippen LogP) is 3.74. The Morgan fingerprint density at radius 3 is 2.76 bits per heavy atom. The van der Waals surface area contributed by atoms with E-state index >= 15 is 0 Å². The highest BCUT2D eigenvalue weighted by Crippen LogP contribution is 2.12. The lowest BCUT2D eigenvalue weighted by Crippen LogP contribution is -2.11. The highest BCUT2D eigenvalue weighted by atomic mass is 16.1. The third-order valence-corrected chi connectivity index (χ3v) is 3.08. The van der Waals surface area contributed by atoms with E-state index in [2.05, 4.69) is 40.7 Å². The van der Waals surface area contributed by atoms with E-state index in [1.54, 1.807) is 6.20 Å². The van der Waals surface area contributed by atoms with Crippen LogP contribution in [0.5, 0.6) is 0 Å². The van der Waals surface area contributed by atoms with Crippen molar-refractivity contribution in [2.45, 2.75) is 33.2 Å². The number of aryl methyl sites for hydroxylation is 1. The van der Waals surface area contributed by atoms with Crippen LogP contribution in [0.1, 0.15) is 30.9 Å². The first-order valence-electron chi connectivity index (χ1n) is 7.22. The van der Waals surface area contributed by atoms with Crippen molar-refractivity contribution in [3.63, 3.8) is 0 Å². The molecular formula is C17H21N3O. The number of nitrogens with zero attached hydrogens (tertiary/aromatic N) is 1. The van der Waals surface area contributed by atoms with Gasteiger partial charge in [0.25, 0.3) is 0 Å². The molecule has 0 aliphatic rings. The van der Waals surface area contributed by atoms with E-state index in [9.17, 15) is 4.79 Å². The molecular weight excluding hydrogens is 262 g/mol. The second kappa shape index (κ2) is 7.43. The largest absolute Gasteiger partial charge is 0.366 e. The van der Waals surface area contributed by atoms with Crippen LogP contribution in [0.3, 0.4) is 0 Å². The quantitative estimate of drug-likeness (QED) is 0.849. The molecule has 2 aromatic rings. The maximum atomic E-state index is 11.5. The van der Waals surface area contributed by atoms with E-state index in [4.69, 9.17) is 0 Å². The zero-order valence-electron chi connectivity index (χ0n) is 12.5. The fourth-order valence-corrected chi connectivity index (χ4v) is 2.04. The molecule has 0 spiro atoms. The predicted molar refractivity (Wildman–Crippen MR) is 86.3 cm³/mol. The third-order valence-electron chi connectivity index (χ3n) is 3.08. The van der Waals surface area contributed by atoms with Crippen molar-refractivity contribution < 1.29 is 4.79 Å². The molecule has 2 rings (SSSR count). The fourth-order valence-electron chi connectivity index (χ4n) is 2.04. The Bertz CT molecular complexity index is 593. The van der Waals surface area contributed by atoms with Crippen LogP contribution in [0.4, 0.5) is 11.5 Å². The Hall–Kier alpha value is -2.36. The molecule has 1 amide bonds. The van der Waals surface area contributed by atoms with E-state index in [0.29, 0.717) is 6.42 Å². The third kappa shape index (κ3) is 4.91. The van der Waals surface area contributed by atoms with Gasteiger partial charge in [0.05, 0.1) is 11.9 Å². The topological polar surface area (TPSA) is 54.0 Å². The minimum Gasteiger partial charge on any atom is -0.366 e. The number of anilines is 2. The maximum Gasteiger partial charge on any atom is 0.224 e. The van der Waals surface area contributed by atoms with Gasteiger partial charge in [-0.3, -0.25) is 4.79 Å².